The number of phenolic OH excluding ortho intramolecular Hbond substituents is 1. The fraction of sp³-hybridized carbons (Fsp3) is 0.0952. The zero-order valence-corrected chi connectivity index (χ0v) is 15.3. The Morgan fingerprint density at radius 3 is 2.63 bits per heavy atom. The number of phenols is 1. The molecule has 0 bridgehead atoms. The van der Waals surface area contributed by atoms with Crippen LogP contribution in [0.1, 0.15) is 5.56 Å². The van der Waals surface area contributed by atoms with E-state index in [1.165, 1.54) is 0 Å². The predicted molar refractivity (Wildman–Crippen MR) is 104 cm³/mol. The molecule has 1 N–H and O–H groups in total. The first-order valence-corrected chi connectivity index (χ1v) is 8.75. The van der Waals surface area contributed by atoms with E-state index in [2.05, 4.69) is 5.10 Å². The van der Waals surface area contributed by atoms with Crippen LogP contribution in [0, 0.1) is 0 Å². The van der Waals surface area contributed by atoms with Crippen molar-refractivity contribution in [1.82, 2.24) is 9.78 Å². The molecule has 0 aliphatic rings. The second-order valence-electron chi connectivity index (χ2n) is 6.14. The van der Waals surface area contributed by atoms with Crippen molar-refractivity contribution in [2.75, 3.05) is 0 Å². The van der Waals surface area contributed by atoms with Crippen LogP contribution < -0.4 is 4.74 Å². The highest BCUT2D eigenvalue weighted by Gasteiger charge is 2.17. The van der Waals surface area contributed by atoms with Crippen molar-refractivity contribution in [1.29, 1.82) is 0 Å². The molecule has 0 fully saturated rings. The average molecular weight is 381 g/mol. The topological polar surface area (TPSA) is 60.4 Å². The Hall–Kier alpha value is -3.18. The summed E-state index contributed by atoms with van der Waals surface area (Å²) in [5.41, 5.74) is 4.26. The molecule has 4 aromatic rings. The molecular formula is C21H17ClN2O3. The number of aromatic nitrogens is 2. The molecule has 2 heterocycles. The fourth-order valence-electron chi connectivity index (χ4n) is 2.93. The van der Waals surface area contributed by atoms with E-state index in [0.717, 1.165) is 22.4 Å². The number of hydrogen-bond donors (Lipinski definition) is 1. The predicted octanol–water partition coefficient (Wildman–Crippen LogP) is 5.29. The molecule has 0 aliphatic carbocycles. The van der Waals surface area contributed by atoms with Crippen LogP contribution in [-0.2, 0) is 13.7 Å². The van der Waals surface area contributed by atoms with Gasteiger partial charge in [-0.15, -0.1) is 0 Å². The Bertz CT molecular complexity index is 1050. The van der Waals surface area contributed by atoms with Gasteiger partial charge >= 0.3 is 0 Å². The summed E-state index contributed by atoms with van der Waals surface area (Å²) in [5, 5.41) is 15.6. The molecule has 0 saturated carbocycles. The molecule has 0 atom stereocenters. The Morgan fingerprint density at radius 1 is 1.11 bits per heavy atom. The number of aryl methyl sites for hydroxylation is 1. The minimum atomic E-state index is 0.122. The van der Waals surface area contributed by atoms with Crippen LogP contribution >= 0.6 is 11.6 Å². The lowest BCUT2D eigenvalue weighted by Gasteiger charge is -2.11. The minimum absolute atomic E-state index is 0.122. The molecule has 2 aromatic heterocycles. The van der Waals surface area contributed by atoms with Crippen LogP contribution in [0.25, 0.3) is 22.4 Å². The van der Waals surface area contributed by atoms with E-state index in [1.807, 2.05) is 49.5 Å². The second kappa shape index (κ2) is 7.21. The number of nitrogens with zero attached hydrogens (tertiary/aromatic N) is 2. The third kappa shape index (κ3) is 3.55. The van der Waals surface area contributed by atoms with Gasteiger partial charge in [0.05, 0.1) is 24.4 Å². The number of ether oxygens (including phenoxy) is 1. The molecule has 0 amide bonds. The molecule has 0 aliphatic heterocycles. The lowest BCUT2D eigenvalue weighted by Crippen LogP contribution is -1.97. The van der Waals surface area contributed by atoms with Crippen molar-refractivity contribution < 1.29 is 14.3 Å². The first-order valence-electron chi connectivity index (χ1n) is 8.37. The van der Waals surface area contributed by atoms with E-state index in [0.29, 0.717) is 22.9 Å². The quantitative estimate of drug-likeness (QED) is 0.511. The second-order valence-corrected chi connectivity index (χ2v) is 6.57. The van der Waals surface area contributed by atoms with Crippen molar-refractivity contribution in [3.63, 3.8) is 0 Å². The molecule has 2 aromatic carbocycles. The van der Waals surface area contributed by atoms with Crippen molar-refractivity contribution in [3.8, 4) is 33.9 Å². The molecule has 4 rings (SSSR count). The van der Waals surface area contributed by atoms with Crippen LogP contribution in [0.5, 0.6) is 11.5 Å². The molecular weight excluding hydrogens is 364 g/mol. The number of furan rings is 1. The van der Waals surface area contributed by atoms with Gasteiger partial charge in [-0.05, 0) is 35.9 Å². The van der Waals surface area contributed by atoms with Crippen molar-refractivity contribution in [2.24, 2.45) is 7.05 Å². The van der Waals surface area contributed by atoms with Gasteiger partial charge in [0.25, 0.3) is 0 Å². The lowest BCUT2D eigenvalue weighted by molar-refractivity contribution is 0.304. The monoisotopic (exact) mass is 380 g/mol. The van der Waals surface area contributed by atoms with E-state index in [9.17, 15) is 5.11 Å². The van der Waals surface area contributed by atoms with Gasteiger partial charge in [-0.1, -0.05) is 23.7 Å². The highest BCUT2D eigenvalue weighted by atomic mass is 35.5. The number of benzene rings is 2. The highest BCUT2D eigenvalue weighted by Crippen LogP contribution is 2.38. The standard InChI is InChI=1S/C21H17ClN2O3/c1-24-21(19(11-23-24)15-8-9-26-13-15)18-7-6-17(10-20(18)25)27-12-14-2-4-16(22)5-3-14/h2-11,13,25H,12H2,1H3. The smallest absolute Gasteiger partial charge is 0.128 e. The molecule has 0 radical (unpaired) electrons. The summed E-state index contributed by atoms with van der Waals surface area (Å²) in [4.78, 5) is 0. The number of rotatable bonds is 5. The third-order valence-corrected chi connectivity index (χ3v) is 4.57. The summed E-state index contributed by atoms with van der Waals surface area (Å²) in [6, 6.07) is 14.6. The Morgan fingerprint density at radius 2 is 1.93 bits per heavy atom. The van der Waals surface area contributed by atoms with Crippen molar-refractivity contribution in [2.45, 2.75) is 6.61 Å². The number of hydrogen-bond acceptors (Lipinski definition) is 4. The lowest BCUT2D eigenvalue weighted by atomic mass is 10.0. The number of aromatic hydroxyl groups is 1. The SMILES string of the molecule is Cn1ncc(-c2ccoc2)c1-c1ccc(OCc2ccc(Cl)cc2)cc1O. The van der Waals surface area contributed by atoms with Crippen LogP contribution in [0.4, 0.5) is 0 Å². The first kappa shape index (κ1) is 17.2. The van der Waals surface area contributed by atoms with Crippen LogP contribution in [0.15, 0.2) is 71.7 Å². The summed E-state index contributed by atoms with van der Waals surface area (Å²) >= 11 is 5.89. The van der Waals surface area contributed by atoms with E-state index in [1.54, 1.807) is 29.5 Å². The van der Waals surface area contributed by atoms with Gasteiger partial charge in [0.15, 0.2) is 0 Å². The summed E-state index contributed by atoms with van der Waals surface area (Å²) in [5.74, 6) is 0.704. The van der Waals surface area contributed by atoms with Crippen LogP contribution in [0.2, 0.25) is 5.02 Å². The van der Waals surface area contributed by atoms with Crippen molar-refractivity contribution >= 4 is 11.6 Å². The van der Waals surface area contributed by atoms with Gasteiger partial charge < -0.3 is 14.3 Å². The van der Waals surface area contributed by atoms with E-state index in [4.69, 9.17) is 20.8 Å². The molecule has 5 nitrogen and oxygen atoms in total. The highest BCUT2D eigenvalue weighted by molar-refractivity contribution is 6.30. The largest absolute Gasteiger partial charge is 0.507 e. The van der Waals surface area contributed by atoms with Gasteiger partial charge in [0.2, 0.25) is 0 Å². The first-order chi connectivity index (χ1) is 13.1. The van der Waals surface area contributed by atoms with E-state index >= 15 is 0 Å². The summed E-state index contributed by atoms with van der Waals surface area (Å²) in [7, 11) is 1.84. The fourth-order valence-corrected chi connectivity index (χ4v) is 3.06. The maximum Gasteiger partial charge on any atom is 0.128 e. The molecule has 0 spiro atoms. The average Bonchev–Trinajstić information content (AvgIpc) is 3.31. The molecule has 27 heavy (non-hydrogen) atoms. The van der Waals surface area contributed by atoms with Crippen LogP contribution in [-0.4, -0.2) is 14.9 Å². The van der Waals surface area contributed by atoms with E-state index < -0.39 is 0 Å². The van der Waals surface area contributed by atoms with Gasteiger partial charge in [-0.2, -0.15) is 5.10 Å². The van der Waals surface area contributed by atoms with Crippen LogP contribution in [0.3, 0.4) is 0 Å². The maximum atomic E-state index is 10.6. The van der Waals surface area contributed by atoms with Gasteiger partial charge in [-0.25, -0.2) is 0 Å². The third-order valence-electron chi connectivity index (χ3n) is 4.31. The summed E-state index contributed by atoms with van der Waals surface area (Å²) in [6.45, 7) is 0.391. The Labute approximate surface area is 161 Å². The molecule has 136 valence electrons. The molecule has 0 saturated heterocycles. The zero-order valence-electron chi connectivity index (χ0n) is 14.6. The zero-order chi connectivity index (χ0) is 18.8. The number of halogens is 1. The molecule has 0 unspecified atom stereocenters. The Balaban J connectivity index is 1.59. The Kier molecular flexibility index (Phi) is 4.60. The summed E-state index contributed by atoms with van der Waals surface area (Å²) < 4.78 is 12.7. The van der Waals surface area contributed by atoms with Gasteiger partial charge in [-0.3, -0.25) is 4.68 Å². The van der Waals surface area contributed by atoms with Gasteiger partial charge in [0.1, 0.15) is 18.1 Å². The normalized spacial score (nSPS) is 10.9. The maximum absolute atomic E-state index is 10.6. The summed E-state index contributed by atoms with van der Waals surface area (Å²) in [6.07, 6.45) is 5.02. The minimum Gasteiger partial charge on any atom is -0.507 e. The van der Waals surface area contributed by atoms with Crippen molar-refractivity contribution in [3.05, 3.63) is 77.8 Å². The molecule has 6 heteroatoms. The van der Waals surface area contributed by atoms with E-state index in [-0.39, 0.29) is 5.75 Å². The van der Waals surface area contributed by atoms with Gasteiger partial charge in [0, 0.05) is 34.8 Å².